The highest BCUT2D eigenvalue weighted by Crippen LogP contribution is 2.27. The van der Waals surface area contributed by atoms with E-state index < -0.39 is 16.0 Å². The number of hydrogen-bond acceptors (Lipinski definition) is 3. The van der Waals surface area contributed by atoms with Crippen LogP contribution in [-0.4, -0.2) is 18.9 Å². The molecule has 0 radical (unpaired) electrons. The molecule has 0 aliphatic carbocycles. The molecule has 2 N–H and O–H groups in total. The van der Waals surface area contributed by atoms with E-state index in [1.54, 1.807) is 54.6 Å². The van der Waals surface area contributed by atoms with E-state index in [1.165, 1.54) is 6.07 Å². The highest BCUT2D eigenvalue weighted by atomic mass is 35.5. The van der Waals surface area contributed by atoms with Crippen LogP contribution in [0.4, 0.5) is 5.69 Å². The van der Waals surface area contributed by atoms with Gasteiger partial charge in [0.15, 0.2) is 0 Å². The molecular formula is C17H12ClNO4S. The molecule has 0 unspecified atom stereocenters. The van der Waals surface area contributed by atoms with Crippen molar-refractivity contribution in [1.82, 2.24) is 0 Å². The number of amides is 1. The van der Waals surface area contributed by atoms with Gasteiger partial charge in [-0.05, 0) is 41.8 Å². The molecule has 3 aromatic rings. The van der Waals surface area contributed by atoms with Gasteiger partial charge in [-0.15, -0.1) is 0 Å². The predicted octanol–water partition coefficient (Wildman–Crippen LogP) is 3.99. The van der Waals surface area contributed by atoms with Gasteiger partial charge in [-0.2, -0.15) is 8.42 Å². The second-order valence-electron chi connectivity index (χ2n) is 5.13. The minimum absolute atomic E-state index is 0.257. The van der Waals surface area contributed by atoms with Gasteiger partial charge in [-0.25, -0.2) is 0 Å². The number of halogens is 1. The fraction of sp³-hybridized carbons (Fsp3) is 0. The number of nitrogens with one attached hydrogen (secondary N) is 1. The Bertz CT molecular complexity index is 1030. The number of fused-ring (bicyclic) bond motifs is 1. The molecule has 122 valence electrons. The minimum Gasteiger partial charge on any atom is -0.322 e. The van der Waals surface area contributed by atoms with Crippen molar-refractivity contribution in [3.05, 3.63) is 71.2 Å². The molecule has 0 atom stereocenters. The number of rotatable bonds is 3. The average molecular weight is 362 g/mol. The van der Waals surface area contributed by atoms with E-state index in [9.17, 15) is 17.8 Å². The Balaban J connectivity index is 2.04. The van der Waals surface area contributed by atoms with Crippen LogP contribution in [0.25, 0.3) is 10.8 Å². The zero-order valence-corrected chi connectivity index (χ0v) is 13.8. The third kappa shape index (κ3) is 3.41. The molecule has 24 heavy (non-hydrogen) atoms. The number of hydrogen-bond donors (Lipinski definition) is 2. The van der Waals surface area contributed by atoms with Gasteiger partial charge in [0.1, 0.15) is 4.90 Å². The molecule has 7 heteroatoms. The summed E-state index contributed by atoms with van der Waals surface area (Å²) in [6.45, 7) is 0. The Morgan fingerprint density at radius 1 is 1.00 bits per heavy atom. The first-order chi connectivity index (χ1) is 11.3. The molecule has 0 saturated carbocycles. The SMILES string of the molecule is O=C(Nc1cc(S(=O)(=O)O)c2ccccc2c1)c1ccc(Cl)cc1. The van der Waals surface area contributed by atoms with Crippen LogP contribution >= 0.6 is 11.6 Å². The van der Waals surface area contributed by atoms with Crippen molar-refractivity contribution in [2.45, 2.75) is 4.90 Å². The lowest BCUT2D eigenvalue weighted by Gasteiger charge is -2.10. The van der Waals surface area contributed by atoms with Crippen LogP contribution in [0.2, 0.25) is 5.02 Å². The maximum Gasteiger partial charge on any atom is 0.295 e. The Kier molecular flexibility index (Phi) is 4.28. The predicted molar refractivity (Wildman–Crippen MR) is 93.2 cm³/mol. The summed E-state index contributed by atoms with van der Waals surface area (Å²) >= 11 is 5.79. The molecule has 5 nitrogen and oxygen atoms in total. The highest BCUT2D eigenvalue weighted by molar-refractivity contribution is 7.86. The number of benzene rings is 3. The second kappa shape index (κ2) is 6.24. The lowest BCUT2D eigenvalue weighted by Crippen LogP contribution is -2.12. The van der Waals surface area contributed by atoms with Crippen LogP contribution < -0.4 is 5.32 Å². The maximum absolute atomic E-state index is 12.3. The fourth-order valence-electron chi connectivity index (χ4n) is 2.37. The van der Waals surface area contributed by atoms with Crippen LogP contribution in [0.5, 0.6) is 0 Å². The van der Waals surface area contributed by atoms with Crippen LogP contribution in [0.3, 0.4) is 0 Å². The summed E-state index contributed by atoms with van der Waals surface area (Å²) in [5.41, 5.74) is 0.641. The fourth-order valence-corrected chi connectivity index (χ4v) is 3.23. The summed E-state index contributed by atoms with van der Waals surface area (Å²) in [4.78, 5) is 12.0. The largest absolute Gasteiger partial charge is 0.322 e. The summed E-state index contributed by atoms with van der Waals surface area (Å²) in [6.07, 6.45) is 0. The molecule has 0 saturated heterocycles. The summed E-state index contributed by atoms with van der Waals surface area (Å²) in [5, 5.41) is 4.09. The van der Waals surface area contributed by atoms with E-state index in [2.05, 4.69) is 5.32 Å². The monoisotopic (exact) mass is 361 g/mol. The zero-order valence-electron chi connectivity index (χ0n) is 12.2. The Morgan fingerprint density at radius 2 is 1.67 bits per heavy atom. The summed E-state index contributed by atoms with van der Waals surface area (Å²) < 4.78 is 32.7. The Labute approximate surface area is 143 Å². The van der Waals surface area contributed by atoms with Gasteiger partial charge >= 0.3 is 0 Å². The highest BCUT2D eigenvalue weighted by Gasteiger charge is 2.16. The lowest BCUT2D eigenvalue weighted by atomic mass is 10.1. The molecular weight excluding hydrogens is 350 g/mol. The summed E-state index contributed by atoms with van der Waals surface area (Å²) in [7, 11) is -4.43. The van der Waals surface area contributed by atoms with Crippen molar-refractivity contribution in [1.29, 1.82) is 0 Å². The van der Waals surface area contributed by atoms with Gasteiger partial charge in [0, 0.05) is 21.7 Å². The molecule has 0 heterocycles. The summed E-state index contributed by atoms with van der Waals surface area (Å²) in [6, 6.07) is 15.8. The van der Waals surface area contributed by atoms with Crippen molar-refractivity contribution in [2.24, 2.45) is 0 Å². The number of carbonyl (C=O) groups is 1. The van der Waals surface area contributed by atoms with Crippen molar-refractivity contribution >= 4 is 44.1 Å². The molecule has 0 bridgehead atoms. The van der Waals surface area contributed by atoms with E-state index >= 15 is 0 Å². The summed E-state index contributed by atoms with van der Waals surface area (Å²) in [5.74, 6) is -0.414. The van der Waals surface area contributed by atoms with Gasteiger partial charge in [0.05, 0.1) is 0 Å². The van der Waals surface area contributed by atoms with E-state index in [-0.39, 0.29) is 10.6 Å². The first-order valence-electron chi connectivity index (χ1n) is 6.92. The Morgan fingerprint density at radius 3 is 2.33 bits per heavy atom. The first kappa shape index (κ1) is 16.4. The lowest BCUT2D eigenvalue weighted by molar-refractivity contribution is 0.102. The topological polar surface area (TPSA) is 83.5 Å². The standard InChI is InChI=1S/C17H12ClNO4S/c18-13-7-5-11(6-8-13)17(20)19-14-9-12-3-1-2-4-15(12)16(10-14)24(21,22)23/h1-10H,(H,19,20)(H,21,22,23). The van der Waals surface area contributed by atoms with Gasteiger partial charge in [0.2, 0.25) is 0 Å². The average Bonchev–Trinajstić information content (AvgIpc) is 2.53. The molecule has 0 aliphatic rings. The number of anilines is 1. The number of carbonyl (C=O) groups excluding carboxylic acids is 1. The van der Waals surface area contributed by atoms with Gasteiger partial charge < -0.3 is 5.32 Å². The minimum atomic E-state index is -4.43. The van der Waals surface area contributed by atoms with Crippen molar-refractivity contribution in [3.63, 3.8) is 0 Å². The first-order valence-corrected chi connectivity index (χ1v) is 8.73. The second-order valence-corrected chi connectivity index (χ2v) is 6.96. The van der Waals surface area contributed by atoms with Crippen LogP contribution in [0.1, 0.15) is 10.4 Å². The third-order valence-electron chi connectivity index (χ3n) is 3.47. The van der Waals surface area contributed by atoms with Crippen LogP contribution in [0, 0.1) is 0 Å². The van der Waals surface area contributed by atoms with E-state index in [4.69, 9.17) is 11.6 Å². The van der Waals surface area contributed by atoms with E-state index in [0.29, 0.717) is 21.4 Å². The molecule has 1 amide bonds. The molecule has 0 aromatic heterocycles. The van der Waals surface area contributed by atoms with E-state index in [0.717, 1.165) is 0 Å². The quantitative estimate of drug-likeness (QED) is 0.691. The normalized spacial score (nSPS) is 11.4. The Hall–Kier alpha value is -2.41. The smallest absolute Gasteiger partial charge is 0.295 e. The van der Waals surface area contributed by atoms with Crippen molar-refractivity contribution in [3.8, 4) is 0 Å². The van der Waals surface area contributed by atoms with Gasteiger partial charge in [-0.1, -0.05) is 35.9 Å². The van der Waals surface area contributed by atoms with E-state index in [1.807, 2.05) is 0 Å². The van der Waals surface area contributed by atoms with Gasteiger partial charge in [0.25, 0.3) is 16.0 Å². The molecule has 0 spiro atoms. The maximum atomic E-state index is 12.3. The molecule has 0 aliphatic heterocycles. The van der Waals surface area contributed by atoms with Gasteiger partial charge in [-0.3, -0.25) is 9.35 Å². The zero-order chi connectivity index (χ0) is 17.3. The molecule has 0 fully saturated rings. The van der Waals surface area contributed by atoms with Crippen LogP contribution in [-0.2, 0) is 10.1 Å². The molecule has 3 rings (SSSR count). The third-order valence-corrected chi connectivity index (χ3v) is 4.61. The van der Waals surface area contributed by atoms with Crippen LogP contribution in [0.15, 0.2) is 65.6 Å². The van der Waals surface area contributed by atoms with Crippen molar-refractivity contribution < 1.29 is 17.8 Å². The molecule has 3 aromatic carbocycles. The van der Waals surface area contributed by atoms with Crippen molar-refractivity contribution in [2.75, 3.05) is 5.32 Å².